The van der Waals surface area contributed by atoms with Crippen LogP contribution in [-0.4, -0.2) is 64.6 Å². The van der Waals surface area contributed by atoms with E-state index in [1.165, 1.54) is 19.3 Å². The molecule has 4 amide bonds. The Bertz CT molecular complexity index is 902. The van der Waals surface area contributed by atoms with E-state index in [2.05, 4.69) is 15.5 Å². The molecule has 2 bridgehead atoms. The Labute approximate surface area is 168 Å². The van der Waals surface area contributed by atoms with Gasteiger partial charge >= 0.3 is 0 Å². The number of hydrogen-bond donors (Lipinski definition) is 2. The number of fused-ring (bicyclic) bond motifs is 3. The Morgan fingerprint density at radius 2 is 1.66 bits per heavy atom. The average molecular weight is 396 g/mol. The van der Waals surface area contributed by atoms with Gasteiger partial charge in [-0.1, -0.05) is 12.5 Å². The first kappa shape index (κ1) is 18.4. The van der Waals surface area contributed by atoms with E-state index < -0.39 is 23.8 Å². The van der Waals surface area contributed by atoms with Crippen LogP contribution < -0.4 is 10.6 Å². The molecule has 0 spiro atoms. The first-order valence-electron chi connectivity index (χ1n) is 10.3. The van der Waals surface area contributed by atoms with E-state index in [0.29, 0.717) is 23.2 Å². The van der Waals surface area contributed by atoms with E-state index in [0.717, 1.165) is 30.1 Å². The lowest BCUT2D eigenvalue weighted by Gasteiger charge is -2.42. The van der Waals surface area contributed by atoms with Crippen molar-refractivity contribution in [3.63, 3.8) is 0 Å². The maximum atomic E-state index is 13.0. The van der Waals surface area contributed by atoms with Crippen molar-refractivity contribution in [2.75, 3.05) is 13.1 Å². The lowest BCUT2D eigenvalue weighted by Crippen LogP contribution is -2.58. The molecule has 4 heterocycles. The normalized spacial score (nSPS) is 29.8. The molecular weight excluding hydrogens is 372 g/mol. The molecular formula is C21H24N4O4. The van der Waals surface area contributed by atoms with Gasteiger partial charge in [0.05, 0.1) is 11.1 Å². The Morgan fingerprint density at radius 1 is 0.931 bits per heavy atom. The highest BCUT2D eigenvalue weighted by molar-refractivity contribution is 6.23. The van der Waals surface area contributed by atoms with Crippen LogP contribution in [0.1, 0.15) is 58.4 Å². The Kier molecular flexibility index (Phi) is 4.48. The summed E-state index contributed by atoms with van der Waals surface area (Å²) in [6, 6.07) is 5.52. The summed E-state index contributed by atoms with van der Waals surface area (Å²) in [4.78, 5) is 52.7. The molecule has 8 nitrogen and oxygen atoms in total. The van der Waals surface area contributed by atoms with Crippen molar-refractivity contribution in [2.45, 2.75) is 56.8 Å². The lowest BCUT2D eigenvalue weighted by molar-refractivity contribution is -0.136. The van der Waals surface area contributed by atoms with Crippen molar-refractivity contribution in [3.05, 3.63) is 34.9 Å². The van der Waals surface area contributed by atoms with E-state index >= 15 is 0 Å². The smallest absolute Gasteiger partial charge is 0.262 e. The summed E-state index contributed by atoms with van der Waals surface area (Å²) in [6.45, 7) is 2.72. The molecule has 152 valence electrons. The molecule has 3 saturated heterocycles. The maximum absolute atomic E-state index is 13.0. The second-order valence-electron chi connectivity index (χ2n) is 8.51. The van der Waals surface area contributed by atoms with Crippen LogP contribution >= 0.6 is 0 Å². The number of carbonyl (C=O) groups excluding carboxylic acids is 4. The topological polar surface area (TPSA) is 98.8 Å². The molecule has 4 aliphatic rings. The van der Waals surface area contributed by atoms with Crippen molar-refractivity contribution in [3.8, 4) is 0 Å². The molecule has 29 heavy (non-hydrogen) atoms. The summed E-state index contributed by atoms with van der Waals surface area (Å²) >= 11 is 0. The van der Waals surface area contributed by atoms with Crippen molar-refractivity contribution >= 4 is 23.6 Å². The SMILES string of the molecule is O=C1CCC(N2C(=O)c3ccc(CN4CC5CCCC(C4)N5)cc3C2=O)C(=O)N1. The summed E-state index contributed by atoms with van der Waals surface area (Å²) < 4.78 is 0. The second kappa shape index (κ2) is 7.03. The van der Waals surface area contributed by atoms with Crippen LogP contribution in [0, 0.1) is 0 Å². The van der Waals surface area contributed by atoms with Crippen LogP contribution in [0.15, 0.2) is 18.2 Å². The quantitative estimate of drug-likeness (QED) is 0.719. The van der Waals surface area contributed by atoms with Crippen LogP contribution in [0.4, 0.5) is 0 Å². The van der Waals surface area contributed by atoms with Crippen molar-refractivity contribution in [2.24, 2.45) is 0 Å². The van der Waals surface area contributed by atoms with Crippen LogP contribution in [-0.2, 0) is 16.1 Å². The van der Waals surface area contributed by atoms with Gasteiger partial charge in [0.25, 0.3) is 11.8 Å². The summed E-state index contributed by atoms with van der Waals surface area (Å²) in [5.74, 6) is -1.85. The monoisotopic (exact) mass is 396 g/mol. The number of piperidine rings is 2. The number of nitrogens with zero attached hydrogens (tertiary/aromatic N) is 2. The van der Waals surface area contributed by atoms with Gasteiger partial charge in [0.1, 0.15) is 6.04 Å². The zero-order valence-electron chi connectivity index (χ0n) is 16.1. The molecule has 3 unspecified atom stereocenters. The van der Waals surface area contributed by atoms with Gasteiger partial charge in [0, 0.05) is 38.1 Å². The van der Waals surface area contributed by atoms with E-state index in [1.54, 1.807) is 12.1 Å². The van der Waals surface area contributed by atoms with Crippen molar-refractivity contribution < 1.29 is 19.2 Å². The van der Waals surface area contributed by atoms with Gasteiger partial charge in [-0.2, -0.15) is 0 Å². The first-order valence-corrected chi connectivity index (χ1v) is 10.3. The van der Waals surface area contributed by atoms with Crippen molar-refractivity contribution in [1.29, 1.82) is 0 Å². The third kappa shape index (κ3) is 3.26. The Hall–Kier alpha value is -2.58. The number of imide groups is 2. The van der Waals surface area contributed by atoms with E-state index in [-0.39, 0.29) is 18.7 Å². The number of likely N-dealkylation sites (tertiary alicyclic amines) is 1. The number of carbonyl (C=O) groups is 4. The minimum absolute atomic E-state index is 0.125. The highest BCUT2D eigenvalue weighted by Crippen LogP contribution is 2.29. The minimum atomic E-state index is -0.920. The third-order valence-corrected chi connectivity index (χ3v) is 6.44. The molecule has 4 aliphatic heterocycles. The average Bonchev–Trinajstić information content (AvgIpc) is 2.92. The summed E-state index contributed by atoms with van der Waals surface area (Å²) in [7, 11) is 0. The molecule has 3 atom stereocenters. The number of benzene rings is 1. The van der Waals surface area contributed by atoms with Gasteiger partial charge < -0.3 is 5.32 Å². The first-order chi connectivity index (χ1) is 14.0. The van der Waals surface area contributed by atoms with Crippen LogP contribution in [0.25, 0.3) is 0 Å². The fourth-order valence-corrected chi connectivity index (χ4v) is 5.10. The van der Waals surface area contributed by atoms with Crippen molar-refractivity contribution in [1.82, 2.24) is 20.4 Å². The number of piperazine rings is 1. The summed E-state index contributed by atoms with van der Waals surface area (Å²) in [5.41, 5.74) is 1.68. The van der Waals surface area contributed by atoms with Gasteiger partial charge in [-0.3, -0.25) is 34.3 Å². The molecule has 8 heteroatoms. The zero-order chi connectivity index (χ0) is 20.1. The number of nitrogens with one attached hydrogen (secondary N) is 2. The number of amides is 4. The molecule has 5 rings (SSSR count). The number of hydrogen-bond acceptors (Lipinski definition) is 6. The largest absolute Gasteiger partial charge is 0.309 e. The van der Waals surface area contributed by atoms with Gasteiger partial charge in [0.2, 0.25) is 11.8 Å². The van der Waals surface area contributed by atoms with Gasteiger partial charge in [0.15, 0.2) is 0 Å². The Morgan fingerprint density at radius 3 is 2.38 bits per heavy atom. The highest BCUT2D eigenvalue weighted by atomic mass is 16.2. The van der Waals surface area contributed by atoms with Gasteiger partial charge in [-0.15, -0.1) is 0 Å². The second-order valence-corrected chi connectivity index (χ2v) is 8.51. The lowest BCUT2D eigenvalue weighted by atomic mass is 9.94. The Balaban J connectivity index is 1.34. The minimum Gasteiger partial charge on any atom is -0.309 e. The van der Waals surface area contributed by atoms with E-state index in [4.69, 9.17) is 0 Å². The van der Waals surface area contributed by atoms with Gasteiger partial charge in [-0.05, 0) is 37.0 Å². The van der Waals surface area contributed by atoms with Crippen LogP contribution in [0.3, 0.4) is 0 Å². The maximum Gasteiger partial charge on any atom is 0.262 e. The molecule has 3 fully saturated rings. The molecule has 1 aromatic carbocycles. The molecule has 0 radical (unpaired) electrons. The fraction of sp³-hybridized carbons (Fsp3) is 0.524. The standard InChI is InChI=1S/C21H24N4O4/c26-18-7-6-17(19(27)23-18)25-20(28)15-5-4-12(8-16(15)21(25)29)9-24-10-13-2-1-3-14(11-24)22-13/h4-5,8,13-14,17,22H,1-3,6-7,9-11H2,(H,23,26,27). The third-order valence-electron chi connectivity index (χ3n) is 6.44. The fourth-order valence-electron chi connectivity index (χ4n) is 5.10. The van der Waals surface area contributed by atoms with Crippen LogP contribution in [0.5, 0.6) is 0 Å². The predicted molar refractivity (Wildman–Crippen MR) is 103 cm³/mol. The van der Waals surface area contributed by atoms with E-state index in [1.807, 2.05) is 6.07 Å². The van der Waals surface area contributed by atoms with Gasteiger partial charge in [-0.25, -0.2) is 0 Å². The summed E-state index contributed by atoms with van der Waals surface area (Å²) in [5, 5.41) is 5.89. The highest BCUT2D eigenvalue weighted by Gasteiger charge is 2.44. The summed E-state index contributed by atoms with van der Waals surface area (Å²) in [6.07, 6.45) is 3.98. The zero-order valence-corrected chi connectivity index (χ0v) is 16.1. The molecule has 2 N–H and O–H groups in total. The predicted octanol–water partition coefficient (Wildman–Crippen LogP) is 0.414. The van der Waals surface area contributed by atoms with E-state index in [9.17, 15) is 19.2 Å². The molecule has 0 saturated carbocycles. The van der Waals surface area contributed by atoms with Crippen LogP contribution in [0.2, 0.25) is 0 Å². The number of rotatable bonds is 3. The molecule has 1 aromatic rings. The molecule has 0 aliphatic carbocycles. The molecule has 0 aromatic heterocycles.